The lowest BCUT2D eigenvalue weighted by Gasteiger charge is -2.28. The fourth-order valence-electron chi connectivity index (χ4n) is 3.99. The van der Waals surface area contributed by atoms with Crippen LogP contribution in [0.1, 0.15) is 20.3 Å². The van der Waals surface area contributed by atoms with Gasteiger partial charge in [-0.25, -0.2) is 0 Å². The smallest absolute Gasteiger partial charge is 0.231 e. The van der Waals surface area contributed by atoms with Crippen molar-refractivity contribution in [3.8, 4) is 5.75 Å². The summed E-state index contributed by atoms with van der Waals surface area (Å²) in [5.41, 5.74) is 3.24. The van der Waals surface area contributed by atoms with Crippen molar-refractivity contribution in [2.45, 2.75) is 20.3 Å². The molecule has 0 radical (unpaired) electrons. The summed E-state index contributed by atoms with van der Waals surface area (Å²) < 4.78 is 5.52. The zero-order valence-electron chi connectivity index (χ0n) is 18.2. The zero-order valence-corrected chi connectivity index (χ0v) is 18.2. The van der Waals surface area contributed by atoms with E-state index >= 15 is 0 Å². The van der Waals surface area contributed by atoms with Gasteiger partial charge >= 0.3 is 0 Å². The fourth-order valence-corrected chi connectivity index (χ4v) is 3.99. The topological polar surface area (TPSA) is 111 Å². The molecule has 9 heteroatoms. The lowest BCUT2D eigenvalue weighted by Crippen LogP contribution is -2.37. The highest BCUT2D eigenvalue weighted by molar-refractivity contribution is 5.87. The Labute approximate surface area is 186 Å². The lowest BCUT2D eigenvalue weighted by molar-refractivity contribution is 0.122. The zero-order chi connectivity index (χ0) is 22.1. The van der Waals surface area contributed by atoms with E-state index in [1.54, 1.807) is 18.2 Å². The van der Waals surface area contributed by atoms with Crippen molar-refractivity contribution >= 4 is 34.6 Å². The van der Waals surface area contributed by atoms with E-state index in [1.807, 2.05) is 6.07 Å². The molecule has 1 aromatic carbocycles. The second-order valence-corrected chi connectivity index (χ2v) is 8.77. The van der Waals surface area contributed by atoms with Crippen LogP contribution in [0.15, 0.2) is 48.2 Å². The van der Waals surface area contributed by atoms with Gasteiger partial charge in [0.1, 0.15) is 11.3 Å². The van der Waals surface area contributed by atoms with E-state index in [0.717, 1.165) is 36.5 Å². The molecule has 0 saturated carbocycles. The quantitative estimate of drug-likeness (QED) is 0.479. The maximum Gasteiger partial charge on any atom is 0.231 e. The normalized spacial score (nSPS) is 17.9. The summed E-state index contributed by atoms with van der Waals surface area (Å²) in [4.78, 5) is 19.6. The van der Waals surface area contributed by atoms with Crippen LogP contribution in [-0.4, -0.2) is 51.3 Å². The third-order valence-corrected chi connectivity index (χ3v) is 5.51. The molecule has 3 aromatic rings. The minimum absolute atomic E-state index is 0.0974. The summed E-state index contributed by atoms with van der Waals surface area (Å²) >= 11 is 0. The fraction of sp³-hybridized carbons (Fsp3) is 0.348. The van der Waals surface area contributed by atoms with Gasteiger partial charge in [0.05, 0.1) is 13.2 Å². The van der Waals surface area contributed by atoms with Crippen LogP contribution in [0.5, 0.6) is 5.75 Å². The number of nitrogens with one attached hydrogen (secondary N) is 3. The number of aromatic amines is 1. The van der Waals surface area contributed by atoms with Gasteiger partial charge in [-0.3, -0.25) is 0 Å². The average molecular weight is 434 g/mol. The van der Waals surface area contributed by atoms with Crippen LogP contribution in [-0.2, 0) is 4.74 Å². The Balaban J connectivity index is 1.50. The number of ether oxygens (including phenoxy) is 1. The number of hydrogen-bond donors (Lipinski definition) is 4. The number of aromatic hydroxyl groups is 1. The summed E-state index contributed by atoms with van der Waals surface area (Å²) in [6, 6.07) is 6.87. The number of aromatic nitrogens is 4. The molecule has 0 atom stereocenters. The Hall–Kier alpha value is -3.59. The first kappa shape index (κ1) is 20.3. The highest BCUT2D eigenvalue weighted by Gasteiger charge is 2.22. The third kappa shape index (κ3) is 4.38. The number of rotatable bonds is 5. The monoisotopic (exact) mass is 433 g/mol. The molecule has 5 rings (SSSR count). The van der Waals surface area contributed by atoms with Crippen LogP contribution in [0.2, 0.25) is 0 Å². The van der Waals surface area contributed by atoms with Crippen molar-refractivity contribution in [1.29, 1.82) is 0 Å². The van der Waals surface area contributed by atoms with E-state index in [9.17, 15) is 5.11 Å². The number of nitrogens with zero attached hydrogens (tertiary/aromatic N) is 4. The SMILES string of the molecule is CC1(C)C=CC=C(Nc2nc3nc(Nc4cccc(O)c4)nc(N4CCOCC4)c3[nH]2)C1. The predicted molar refractivity (Wildman–Crippen MR) is 125 cm³/mol. The summed E-state index contributed by atoms with van der Waals surface area (Å²) in [6.07, 6.45) is 7.25. The van der Waals surface area contributed by atoms with Gasteiger partial charge in [-0.1, -0.05) is 32.1 Å². The Kier molecular flexibility index (Phi) is 5.18. The summed E-state index contributed by atoms with van der Waals surface area (Å²) in [5.74, 6) is 2.01. The Morgan fingerprint density at radius 2 is 1.97 bits per heavy atom. The molecule has 0 amide bonds. The standard InChI is InChI=1S/C23H27N7O2/c1-23(2)8-4-6-16(14-23)25-21-26-18-19(27-21)28-22(24-15-5-3-7-17(31)13-15)29-20(18)30-9-11-32-12-10-30/h3-8,13,31H,9-12,14H2,1-2H3,(H3,24,25,26,27,28,29). The van der Waals surface area contributed by atoms with Crippen molar-refractivity contribution in [1.82, 2.24) is 19.9 Å². The summed E-state index contributed by atoms with van der Waals surface area (Å²) in [5, 5.41) is 16.4. The third-order valence-electron chi connectivity index (χ3n) is 5.51. The van der Waals surface area contributed by atoms with Gasteiger partial charge in [0.25, 0.3) is 0 Å². The molecular formula is C23H27N7O2. The van der Waals surface area contributed by atoms with Gasteiger partial charge in [0, 0.05) is 30.5 Å². The number of H-pyrrole nitrogens is 1. The molecule has 0 unspecified atom stereocenters. The van der Waals surface area contributed by atoms with Crippen molar-refractivity contribution in [3.63, 3.8) is 0 Å². The molecule has 1 aliphatic carbocycles. The molecule has 1 fully saturated rings. The van der Waals surface area contributed by atoms with Gasteiger partial charge in [0.15, 0.2) is 11.5 Å². The van der Waals surface area contributed by atoms with Gasteiger partial charge in [0.2, 0.25) is 11.9 Å². The van der Waals surface area contributed by atoms with Crippen molar-refractivity contribution < 1.29 is 9.84 Å². The van der Waals surface area contributed by atoms with E-state index in [-0.39, 0.29) is 11.2 Å². The van der Waals surface area contributed by atoms with E-state index in [4.69, 9.17) is 14.7 Å². The van der Waals surface area contributed by atoms with Gasteiger partial charge in [-0.2, -0.15) is 15.0 Å². The number of imidazole rings is 1. The molecule has 4 N–H and O–H groups in total. The first-order valence-corrected chi connectivity index (χ1v) is 10.8. The van der Waals surface area contributed by atoms with Crippen LogP contribution in [0.3, 0.4) is 0 Å². The van der Waals surface area contributed by atoms with Crippen LogP contribution in [0, 0.1) is 5.41 Å². The second-order valence-electron chi connectivity index (χ2n) is 8.77. The Bertz CT molecular complexity index is 1190. The minimum atomic E-state index is 0.0974. The molecule has 166 valence electrons. The summed E-state index contributed by atoms with van der Waals surface area (Å²) in [6.45, 7) is 7.19. The van der Waals surface area contributed by atoms with Crippen molar-refractivity contribution in [3.05, 3.63) is 48.2 Å². The number of hydrogen-bond acceptors (Lipinski definition) is 8. The first-order valence-electron chi connectivity index (χ1n) is 10.8. The minimum Gasteiger partial charge on any atom is -0.508 e. The highest BCUT2D eigenvalue weighted by atomic mass is 16.5. The molecule has 9 nitrogen and oxygen atoms in total. The van der Waals surface area contributed by atoms with E-state index < -0.39 is 0 Å². The Morgan fingerprint density at radius 3 is 2.75 bits per heavy atom. The van der Waals surface area contributed by atoms with Crippen LogP contribution >= 0.6 is 0 Å². The van der Waals surface area contributed by atoms with E-state index in [1.165, 1.54) is 0 Å². The van der Waals surface area contributed by atoms with Gasteiger partial charge in [-0.05, 0) is 30.0 Å². The number of morpholine rings is 1. The van der Waals surface area contributed by atoms with Crippen molar-refractivity contribution in [2.75, 3.05) is 41.8 Å². The number of allylic oxidation sites excluding steroid dienone is 4. The van der Waals surface area contributed by atoms with Crippen LogP contribution < -0.4 is 15.5 Å². The van der Waals surface area contributed by atoms with Crippen LogP contribution in [0.25, 0.3) is 11.2 Å². The van der Waals surface area contributed by atoms with Crippen molar-refractivity contribution in [2.24, 2.45) is 5.41 Å². The number of benzene rings is 1. The van der Waals surface area contributed by atoms with E-state index in [2.05, 4.69) is 57.6 Å². The molecule has 1 saturated heterocycles. The van der Waals surface area contributed by atoms with E-state index in [0.29, 0.717) is 36.4 Å². The van der Waals surface area contributed by atoms with Gasteiger partial charge in [-0.15, -0.1) is 0 Å². The number of phenolic OH excluding ortho intramolecular Hbond substituents is 1. The molecule has 1 aliphatic heterocycles. The second kappa shape index (κ2) is 8.16. The lowest BCUT2D eigenvalue weighted by atomic mass is 9.84. The van der Waals surface area contributed by atoms with Gasteiger partial charge < -0.3 is 30.4 Å². The molecule has 32 heavy (non-hydrogen) atoms. The highest BCUT2D eigenvalue weighted by Crippen LogP contribution is 2.32. The molecule has 3 heterocycles. The molecule has 2 aliphatic rings. The molecule has 0 bridgehead atoms. The van der Waals surface area contributed by atoms with Crippen LogP contribution in [0.4, 0.5) is 23.4 Å². The number of anilines is 4. The number of phenols is 1. The summed E-state index contributed by atoms with van der Waals surface area (Å²) in [7, 11) is 0. The Morgan fingerprint density at radius 1 is 1.12 bits per heavy atom. The maximum atomic E-state index is 9.78. The molecular weight excluding hydrogens is 406 g/mol. The number of fused-ring (bicyclic) bond motifs is 1. The maximum absolute atomic E-state index is 9.78. The largest absolute Gasteiger partial charge is 0.508 e. The molecule has 0 spiro atoms. The average Bonchev–Trinajstić information content (AvgIpc) is 3.15. The molecule has 2 aromatic heterocycles. The first-order chi connectivity index (χ1) is 15.4. The predicted octanol–water partition coefficient (Wildman–Crippen LogP) is 3.92.